The summed E-state index contributed by atoms with van der Waals surface area (Å²) in [6.45, 7) is 11.6. The second-order valence-electron chi connectivity index (χ2n) is 6.80. The third kappa shape index (κ3) is 7.23. The Hall–Kier alpha value is -1.26. The van der Waals surface area contributed by atoms with Crippen molar-refractivity contribution in [2.24, 2.45) is 11.8 Å². The first-order chi connectivity index (χ1) is 10.3. The smallest absolute Gasteiger partial charge is 0.224 e. The maximum Gasteiger partial charge on any atom is 0.224 e. The van der Waals surface area contributed by atoms with Gasteiger partial charge in [-0.2, -0.15) is 0 Å². The van der Waals surface area contributed by atoms with Gasteiger partial charge in [0, 0.05) is 12.5 Å². The Labute approximate surface area is 146 Å². The summed E-state index contributed by atoms with van der Waals surface area (Å²) < 4.78 is 5.69. The fourth-order valence-electron chi connectivity index (χ4n) is 2.13. The summed E-state index contributed by atoms with van der Waals surface area (Å²) >= 11 is 0. The molecule has 23 heavy (non-hydrogen) atoms. The molecule has 1 unspecified atom stereocenters. The van der Waals surface area contributed by atoms with Crippen molar-refractivity contribution in [3.63, 3.8) is 0 Å². The third-order valence-corrected chi connectivity index (χ3v) is 3.55. The summed E-state index contributed by atoms with van der Waals surface area (Å²) in [6.07, 6.45) is 0. The maximum atomic E-state index is 12.2. The van der Waals surface area contributed by atoms with E-state index in [1.54, 1.807) is 0 Å². The highest BCUT2D eigenvalue weighted by Gasteiger charge is 2.25. The zero-order valence-corrected chi connectivity index (χ0v) is 15.9. The molecule has 0 saturated carbocycles. The second kappa shape index (κ2) is 9.78. The number of hydrogen-bond acceptors (Lipinski definition) is 3. The van der Waals surface area contributed by atoms with Crippen LogP contribution in [-0.2, 0) is 10.3 Å². The fraction of sp³-hybridized carbons (Fsp3) is 0.611. The van der Waals surface area contributed by atoms with Gasteiger partial charge in [0.1, 0.15) is 5.75 Å². The molecule has 0 heterocycles. The van der Waals surface area contributed by atoms with E-state index in [0.717, 1.165) is 11.3 Å². The van der Waals surface area contributed by atoms with Gasteiger partial charge in [0.05, 0.1) is 12.1 Å². The molecular weight excluding hydrogens is 312 g/mol. The van der Waals surface area contributed by atoms with E-state index in [0.29, 0.717) is 19.1 Å². The van der Waals surface area contributed by atoms with E-state index in [9.17, 15) is 4.79 Å². The largest absolute Gasteiger partial charge is 0.493 e. The summed E-state index contributed by atoms with van der Waals surface area (Å²) in [6, 6.07) is 7.95. The van der Waals surface area contributed by atoms with Crippen LogP contribution in [0.3, 0.4) is 0 Å². The average molecular weight is 343 g/mol. The summed E-state index contributed by atoms with van der Waals surface area (Å²) in [7, 11) is 1.85. The minimum absolute atomic E-state index is 0. The molecule has 1 aromatic rings. The van der Waals surface area contributed by atoms with Crippen molar-refractivity contribution in [3.05, 3.63) is 29.8 Å². The van der Waals surface area contributed by atoms with Crippen LogP contribution in [0.4, 0.5) is 0 Å². The van der Waals surface area contributed by atoms with Crippen LogP contribution < -0.4 is 15.4 Å². The van der Waals surface area contributed by atoms with E-state index in [4.69, 9.17) is 4.74 Å². The topological polar surface area (TPSA) is 50.4 Å². The number of nitrogens with one attached hydrogen (secondary N) is 2. The van der Waals surface area contributed by atoms with Crippen LogP contribution in [-0.4, -0.2) is 26.1 Å². The van der Waals surface area contributed by atoms with Crippen molar-refractivity contribution in [2.45, 2.75) is 40.2 Å². The predicted molar refractivity (Wildman–Crippen MR) is 98.3 cm³/mol. The van der Waals surface area contributed by atoms with Gasteiger partial charge in [0.25, 0.3) is 0 Å². The van der Waals surface area contributed by atoms with Gasteiger partial charge in [0.15, 0.2) is 0 Å². The summed E-state index contributed by atoms with van der Waals surface area (Å²) in [5, 5.41) is 6.13. The van der Waals surface area contributed by atoms with Gasteiger partial charge in [-0.15, -0.1) is 12.4 Å². The van der Waals surface area contributed by atoms with Gasteiger partial charge in [-0.1, -0.05) is 32.9 Å². The predicted octanol–water partition coefficient (Wildman–Crippen LogP) is 3.35. The number of carbonyl (C=O) groups excluding carboxylic acids is 1. The van der Waals surface area contributed by atoms with Gasteiger partial charge in [0.2, 0.25) is 5.91 Å². The number of halogens is 1. The number of rotatable bonds is 8. The molecule has 0 radical (unpaired) electrons. The molecule has 5 heteroatoms. The van der Waals surface area contributed by atoms with Crippen LogP contribution in [0.5, 0.6) is 5.75 Å². The zero-order chi connectivity index (χ0) is 16.8. The summed E-state index contributed by atoms with van der Waals surface area (Å²) in [5.41, 5.74) is 0.657. The SMILES string of the molecule is CNCC(C)C(=O)NC(C)(C)c1ccc(OCC(C)C)cc1.Cl. The Morgan fingerprint density at radius 2 is 1.74 bits per heavy atom. The molecule has 4 nitrogen and oxygen atoms in total. The van der Waals surface area contributed by atoms with Crippen LogP contribution in [0.1, 0.15) is 40.2 Å². The lowest BCUT2D eigenvalue weighted by Crippen LogP contribution is -2.45. The van der Waals surface area contributed by atoms with E-state index in [2.05, 4.69) is 24.5 Å². The van der Waals surface area contributed by atoms with Crippen LogP contribution in [0.2, 0.25) is 0 Å². The molecule has 132 valence electrons. The van der Waals surface area contributed by atoms with Crippen LogP contribution in [0.15, 0.2) is 24.3 Å². The quantitative estimate of drug-likeness (QED) is 0.761. The van der Waals surface area contributed by atoms with E-state index in [1.807, 2.05) is 52.1 Å². The molecule has 0 fully saturated rings. The molecule has 2 N–H and O–H groups in total. The molecule has 0 saturated heterocycles. The summed E-state index contributed by atoms with van der Waals surface area (Å²) in [4.78, 5) is 12.2. The standard InChI is InChI=1S/C18H30N2O2.ClH/c1-13(2)12-22-16-9-7-15(8-10-16)18(4,5)20-17(21)14(3)11-19-6;/h7-10,13-14,19H,11-12H2,1-6H3,(H,20,21);1H. The number of carbonyl (C=O) groups is 1. The van der Waals surface area contributed by atoms with Crippen molar-refractivity contribution < 1.29 is 9.53 Å². The number of benzene rings is 1. The number of hydrogen-bond donors (Lipinski definition) is 2. The van der Waals surface area contributed by atoms with Gasteiger partial charge in [-0.25, -0.2) is 0 Å². The first kappa shape index (κ1) is 21.7. The van der Waals surface area contributed by atoms with Crippen molar-refractivity contribution >= 4 is 18.3 Å². The van der Waals surface area contributed by atoms with Gasteiger partial charge >= 0.3 is 0 Å². The van der Waals surface area contributed by atoms with Crippen LogP contribution in [0, 0.1) is 11.8 Å². The monoisotopic (exact) mass is 342 g/mol. The van der Waals surface area contributed by atoms with Crippen molar-refractivity contribution in [2.75, 3.05) is 20.2 Å². The molecule has 0 aromatic heterocycles. The number of ether oxygens (including phenoxy) is 1. The third-order valence-electron chi connectivity index (χ3n) is 3.55. The fourth-order valence-corrected chi connectivity index (χ4v) is 2.13. The van der Waals surface area contributed by atoms with Gasteiger partial charge < -0.3 is 15.4 Å². The number of amides is 1. The highest BCUT2D eigenvalue weighted by atomic mass is 35.5. The molecule has 0 spiro atoms. The Kier molecular flexibility index (Phi) is 9.25. The maximum absolute atomic E-state index is 12.2. The Bertz CT molecular complexity index is 472. The Morgan fingerprint density at radius 1 is 1.17 bits per heavy atom. The van der Waals surface area contributed by atoms with Gasteiger partial charge in [-0.3, -0.25) is 4.79 Å². The highest BCUT2D eigenvalue weighted by Crippen LogP contribution is 2.23. The first-order valence-corrected chi connectivity index (χ1v) is 7.96. The van der Waals surface area contributed by atoms with Crippen molar-refractivity contribution in [1.29, 1.82) is 0 Å². The van der Waals surface area contributed by atoms with Gasteiger partial charge in [-0.05, 0) is 44.5 Å². The average Bonchev–Trinajstić information content (AvgIpc) is 2.45. The molecule has 1 atom stereocenters. The molecular formula is C18H31ClN2O2. The molecule has 1 aromatic carbocycles. The van der Waals surface area contributed by atoms with E-state index < -0.39 is 5.54 Å². The van der Waals surface area contributed by atoms with Crippen molar-refractivity contribution in [3.8, 4) is 5.75 Å². The molecule has 0 aliphatic carbocycles. The Morgan fingerprint density at radius 3 is 2.22 bits per heavy atom. The highest BCUT2D eigenvalue weighted by molar-refractivity contribution is 5.85. The van der Waals surface area contributed by atoms with E-state index >= 15 is 0 Å². The molecule has 0 aliphatic rings. The Balaban J connectivity index is 0.00000484. The van der Waals surface area contributed by atoms with E-state index in [-0.39, 0.29) is 24.2 Å². The normalized spacial score (nSPS) is 12.5. The second-order valence-corrected chi connectivity index (χ2v) is 6.80. The lowest BCUT2D eigenvalue weighted by atomic mass is 9.93. The van der Waals surface area contributed by atoms with E-state index in [1.165, 1.54) is 0 Å². The summed E-state index contributed by atoms with van der Waals surface area (Å²) in [5.74, 6) is 1.37. The lowest BCUT2D eigenvalue weighted by molar-refractivity contribution is -0.126. The molecule has 1 amide bonds. The van der Waals surface area contributed by atoms with Crippen LogP contribution in [0.25, 0.3) is 0 Å². The molecule has 0 aliphatic heterocycles. The molecule has 0 bridgehead atoms. The lowest BCUT2D eigenvalue weighted by Gasteiger charge is -2.28. The van der Waals surface area contributed by atoms with Crippen molar-refractivity contribution in [1.82, 2.24) is 10.6 Å². The zero-order valence-electron chi connectivity index (χ0n) is 15.1. The van der Waals surface area contributed by atoms with Crippen LogP contribution >= 0.6 is 12.4 Å². The molecule has 1 rings (SSSR count). The minimum atomic E-state index is -0.407. The first-order valence-electron chi connectivity index (χ1n) is 7.96. The minimum Gasteiger partial charge on any atom is -0.493 e.